The maximum absolute atomic E-state index is 5.71. The number of para-hydroxylation sites is 3. The number of fused-ring (bicyclic) bond motifs is 1. The molecule has 0 atom stereocenters. The van der Waals surface area contributed by atoms with Crippen molar-refractivity contribution in [3.63, 3.8) is 0 Å². The van der Waals surface area contributed by atoms with E-state index in [1.807, 2.05) is 49.4 Å². The van der Waals surface area contributed by atoms with Gasteiger partial charge in [0.25, 0.3) is 0 Å². The number of imidazole rings is 1. The molecule has 2 aromatic carbocycles. The molecule has 0 radical (unpaired) electrons. The molecule has 6 nitrogen and oxygen atoms in total. The number of rotatable bonds is 8. The first-order chi connectivity index (χ1) is 13.7. The Hall–Kier alpha value is -3.28. The molecule has 0 aliphatic heterocycles. The summed E-state index contributed by atoms with van der Waals surface area (Å²) in [5, 5.41) is 6.71. The van der Waals surface area contributed by atoms with Gasteiger partial charge in [0.2, 0.25) is 0 Å². The van der Waals surface area contributed by atoms with Crippen LogP contribution in [-0.2, 0) is 13.1 Å². The lowest BCUT2D eigenvalue weighted by atomic mass is 10.2. The predicted octanol–water partition coefficient (Wildman–Crippen LogP) is 3.27. The van der Waals surface area contributed by atoms with Gasteiger partial charge in [-0.25, -0.2) is 4.98 Å². The van der Waals surface area contributed by atoms with Gasteiger partial charge in [-0.1, -0.05) is 43.0 Å². The van der Waals surface area contributed by atoms with Crippen molar-refractivity contribution in [2.24, 2.45) is 4.99 Å². The SMILES string of the molecule is C=CCOc1ccccc1CNC(=NC)NCCn1c(C)nc2ccccc21. The molecule has 1 aromatic heterocycles. The molecule has 6 heteroatoms. The van der Waals surface area contributed by atoms with E-state index in [1.165, 1.54) is 0 Å². The van der Waals surface area contributed by atoms with Crippen LogP contribution in [0.15, 0.2) is 66.2 Å². The van der Waals surface area contributed by atoms with E-state index in [4.69, 9.17) is 4.74 Å². The van der Waals surface area contributed by atoms with Gasteiger partial charge in [-0.3, -0.25) is 4.99 Å². The van der Waals surface area contributed by atoms with Gasteiger partial charge in [-0.05, 0) is 25.1 Å². The molecule has 1 heterocycles. The summed E-state index contributed by atoms with van der Waals surface area (Å²) in [4.78, 5) is 8.92. The molecule has 0 fully saturated rings. The Balaban J connectivity index is 1.55. The first kappa shape index (κ1) is 19.5. The Labute approximate surface area is 166 Å². The van der Waals surface area contributed by atoms with Gasteiger partial charge in [0, 0.05) is 32.2 Å². The summed E-state index contributed by atoms with van der Waals surface area (Å²) in [5.41, 5.74) is 3.25. The number of hydrogen-bond donors (Lipinski definition) is 2. The van der Waals surface area contributed by atoms with Gasteiger partial charge in [0.15, 0.2) is 5.96 Å². The number of nitrogens with one attached hydrogen (secondary N) is 2. The Morgan fingerprint density at radius 3 is 2.79 bits per heavy atom. The Morgan fingerprint density at radius 1 is 1.18 bits per heavy atom. The monoisotopic (exact) mass is 377 g/mol. The number of benzene rings is 2. The molecule has 28 heavy (non-hydrogen) atoms. The normalized spacial score (nSPS) is 11.4. The molecule has 0 spiro atoms. The summed E-state index contributed by atoms with van der Waals surface area (Å²) >= 11 is 0. The molecule has 146 valence electrons. The first-order valence-corrected chi connectivity index (χ1v) is 9.41. The number of aliphatic imine (C=N–C) groups is 1. The quantitative estimate of drug-likeness (QED) is 0.359. The van der Waals surface area contributed by atoms with Crippen LogP contribution in [-0.4, -0.2) is 35.7 Å². The van der Waals surface area contributed by atoms with Crippen LogP contribution in [0.2, 0.25) is 0 Å². The molecule has 0 aliphatic rings. The Morgan fingerprint density at radius 2 is 1.96 bits per heavy atom. The van der Waals surface area contributed by atoms with E-state index >= 15 is 0 Å². The van der Waals surface area contributed by atoms with Crippen LogP contribution < -0.4 is 15.4 Å². The van der Waals surface area contributed by atoms with Crippen molar-refractivity contribution in [3.8, 4) is 5.75 Å². The molecule has 3 aromatic rings. The largest absolute Gasteiger partial charge is 0.489 e. The third-order valence-electron chi connectivity index (χ3n) is 4.47. The summed E-state index contributed by atoms with van der Waals surface area (Å²) in [5.74, 6) is 2.62. The van der Waals surface area contributed by atoms with E-state index in [0.29, 0.717) is 13.2 Å². The molecular formula is C22H27N5O. The molecule has 0 saturated heterocycles. The highest BCUT2D eigenvalue weighted by atomic mass is 16.5. The zero-order valence-corrected chi connectivity index (χ0v) is 16.5. The van der Waals surface area contributed by atoms with Crippen LogP contribution in [0, 0.1) is 6.92 Å². The Bertz CT molecular complexity index is 960. The average molecular weight is 377 g/mol. The summed E-state index contributed by atoms with van der Waals surface area (Å²) < 4.78 is 7.92. The fourth-order valence-corrected chi connectivity index (χ4v) is 3.10. The summed E-state index contributed by atoms with van der Waals surface area (Å²) in [6, 6.07) is 16.2. The van der Waals surface area contributed by atoms with Gasteiger partial charge in [0.1, 0.15) is 18.2 Å². The summed E-state index contributed by atoms with van der Waals surface area (Å²) in [6.45, 7) is 8.40. The topological polar surface area (TPSA) is 63.5 Å². The number of aromatic nitrogens is 2. The lowest BCUT2D eigenvalue weighted by Crippen LogP contribution is -2.38. The molecule has 3 rings (SSSR count). The highest BCUT2D eigenvalue weighted by Gasteiger charge is 2.07. The second-order valence-electron chi connectivity index (χ2n) is 6.36. The van der Waals surface area contributed by atoms with E-state index in [9.17, 15) is 0 Å². The van der Waals surface area contributed by atoms with E-state index in [-0.39, 0.29) is 0 Å². The highest BCUT2D eigenvalue weighted by molar-refractivity contribution is 5.79. The second kappa shape index (κ2) is 9.60. The fourth-order valence-electron chi connectivity index (χ4n) is 3.10. The number of aryl methyl sites for hydroxylation is 1. The van der Waals surface area contributed by atoms with Gasteiger partial charge < -0.3 is 19.9 Å². The highest BCUT2D eigenvalue weighted by Crippen LogP contribution is 2.17. The fraction of sp³-hybridized carbons (Fsp3) is 0.273. The number of hydrogen-bond acceptors (Lipinski definition) is 3. The van der Waals surface area contributed by atoms with Crippen LogP contribution in [0.4, 0.5) is 0 Å². The molecule has 2 N–H and O–H groups in total. The minimum absolute atomic E-state index is 0.488. The van der Waals surface area contributed by atoms with Crippen molar-refractivity contribution in [2.45, 2.75) is 20.0 Å². The summed E-state index contributed by atoms with van der Waals surface area (Å²) in [7, 11) is 1.77. The van der Waals surface area contributed by atoms with Crippen molar-refractivity contribution in [1.29, 1.82) is 0 Å². The van der Waals surface area contributed by atoms with E-state index in [2.05, 4.69) is 37.8 Å². The molecule has 0 unspecified atom stereocenters. The molecule has 0 aliphatic carbocycles. The zero-order valence-electron chi connectivity index (χ0n) is 16.5. The summed E-state index contributed by atoms with van der Waals surface area (Å²) in [6.07, 6.45) is 1.74. The average Bonchev–Trinajstić information content (AvgIpc) is 3.04. The van der Waals surface area contributed by atoms with Crippen LogP contribution >= 0.6 is 0 Å². The van der Waals surface area contributed by atoms with Crippen LogP contribution in [0.1, 0.15) is 11.4 Å². The zero-order chi connectivity index (χ0) is 19.8. The van der Waals surface area contributed by atoms with E-state index in [0.717, 1.165) is 47.2 Å². The third-order valence-corrected chi connectivity index (χ3v) is 4.47. The third kappa shape index (κ3) is 4.71. The minimum Gasteiger partial charge on any atom is -0.489 e. The van der Waals surface area contributed by atoms with E-state index < -0.39 is 0 Å². The minimum atomic E-state index is 0.488. The number of nitrogens with zero attached hydrogens (tertiary/aromatic N) is 3. The second-order valence-corrected chi connectivity index (χ2v) is 6.36. The Kier molecular flexibility index (Phi) is 6.68. The number of ether oxygens (including phenoxy) is 1. The predicted molar refractivity (Wildman–Crippen MR) is 115 cm³/mol. The molecular weight excluding hydrogens is 350 g/mol. The first-order valence-electron chi connectivity index (χ1n) is 9.41. The van der Waals surface area contributed by atoms with Crippen LogP contribution in [0.3, 0.4) is 0 Å². The van der Waals surface area contributed by atoms with Gasteiger partial charge in [-0.15, -0.1) is 0 Å². The maximum Gasteiger partial charge on any atom is 0.191 e. The van der Waals surface area contributed by atoms with Crippen molar-refractivity contribution in [3.05, 3.63) is 72.6 Å². The number of guanidine groups is 1. The molecule has 0 amide bonds. The van der Waals surface area contributed by atoms with Gasteiger partial charge in [0.05, 0.1) is 11.0 Å². The van der Waals surface area contributed by atoms with Crippen molar-refractivity contribution < 1.29 is 4.74 Å². The van der Waals surface area contributed by atoms with Gasteiger partial charge in [-0.2, -0.15) is 0 Å². The maximum atomic E-state index is 5.71. The molecule has 0 saturated carbocycles. The smallest absolute Gasteiger partial charge is 0.191 e. The standard InChI is InChI=1S/C22H27N5O/c1-4-15-28-21-12-8-5-9-18(21)16-25-22(23-3)24-13-14-27-17(2)26-19-10-6-7-11-20(19)27/h4-12H,1,13-16H2,2-3H3,(H2,23,24,25). The van der Waals surface area contributed by atoms with Crippen molar-refractivity contribution >= 4 is 17.0 Å². The van der Waals surface area contributed by atoms with Gasteiger partial charge >= 0.3 is 0 Å². The van der Waals surface area contributed by atoms with Crippen LogP contribution in [0.25, 0.3) is 11.0 Å². The molecule has 0 bridgehead atoms. The van der Waals surface area contributed by atoms with Crippen molar-refractivity contribution in [2.75, 3.05) is 20.2 Å². The van der Waals surface area contributed by atoms with Crippen LogP contribution in [0.5, 0.6) is 5.75 Å². The lowest BCUT2D eigenvalue weighted by Gasteiger charge is -2.15. The van der Waals surface area contributed by atoms with E-state index in [1.54, 1.807) is 13.1 Å². The van der Waals surface area contributed by atoms with Crippen molar-refractivity contribution in [1.82, 2.24) is 20.2 Å². The lowest BCUT2D eigenvalue weighted by molar-refractivity contribution is 0.358.